The van der Waals surface area contributed by atoms with E-state index in [1.807, 2.05) is 16.7 Å². The SMILES string of the molecule is CCc1nnsc1C(=O)N1C[C@@H]2CC[C@H]1CN(C(=O)c1cnccn1)C2. The third kappa shape index (κ3) is 3.07. The molecule has 9 heteroatoms. The van der Waals surface area contributed by atoms with E-state index in [2.05, 4.69) is 19.6 Å². The smallest absolute Gasteiger partial charge is 0.274 e. The van der Waals surface area contributed by atoms with E-state index in [9.17, 15) is 9.59 Å². The second kappa shape index (κ2) is 7.06. The second-order valence-corrected chi connectivity index (χ2v) is 7.51. The lowest BCUT2D eigenvalue weighted by atomic mass is 9.95. The topological polar surface area (TPSA) is 92.2 Å². The normalized spacial score (nSPS) is 22.3. The van der Waals surface area contributed by atoms with Crippen molar-refractivity contribution in [3.63, 3.8) is 0 Å². The molecule has 0 aliphatic carbocycles. The highest BCUT2D eigenvalue weighted by Crippen LogP contribution is 2.30. The van der Waals surface area contributed by atoms with Crippen molar-refractivity contribution in [1.29, 1.82) is 0 Å². The lowest BCUT2D eigenvalue weighted by Gasteiger charge is -2.35. The van der Waals surface area contributed by atoms with Crippen LogP contribution < -0.4 is 0 Å². The third-order valence-electron chi connectivity index (χ3n) is 5.13. The predicted molar refractivity (Wildman–Crippen MR) is 94.8 cm³/mol. The number of fused-ring (bicyclic) bond motifs is 4. The summed E-state index contributed by atoms with van der Waals surface area (Å²) in [6.45, 7) is 3.83. The van der Waals surface area contributed by atoms with Crippen LogP contribution in [-0.2, 0) is 6.42 Å². The highest BCUT2D eigenvalue weighted by molar-refractivity contribution is 7.08. The summed E-state index contributed by atoms with van der Waals surface area (Å²) in [6, 6.07) is 0.0219. The molecule has 2 amide bonds. The zero-order chi connectivity index (χ0) is 18.1. The Balaban J connectivity index is 1.55. The predicted octanol–water partition coefficient (Wildman–Crippen LogP) is 1.27. The van der Waals surface area contributed by atoms with E-state index in [4.69, 9.17) is 0 Å². The fraction of sp³-hybridized carbons (Fsp3) is 0.529. The Bertz CT molecular complexity index is 811. The summed E-state index contributed by atoms with van der Waals surface area (Å²) in [4.78, 5) is 38.3. The van der Waals surface area contributed by atoms with Gasteiger partial charge in [-0.15, -0.1) is 5.10 Å². The van der Waals surface area contributed by atoms with Crippen LogP contribution in [0, 0.1) is 5.92 Å². The summed E-state index contributed by atoms with van der Waals surface area (Å²) >= 11 is 1.16. The molecule has 0 N–H and O–H groups in total. The van der Waals surface area contributed by atoms with Crippen LogP contribution in [-0.4, -0.2) is 66.8 Å². The van der Waals surface area contributed by atoms with Crippen molar-refractivity contribution in [3.8, 4) is 0 Å². The van der Waals surface area contributed by atoms with Gasteiger partial charge in [-0.1, -0.05) is 11.4 Å². The molecule has 5 rings (SSSR count). The number of carbonyl (C=O) groups excluding carboxylic acids is 2. The van der Waals surface area contributed by atoms with Crippen LogP contribution in [0.1, 0.15) is 45.6 Å². The number of carbonyl (C=O) groups is 2. The quantitative estimate of drug-likeness (QED) is 0.806. The van der Waals surface area contributed by atoms with Crippen LogP contribution in [0.25, 0.3) is 0 Å². The van der Waals surface area contributed by atoms with Gasteiger partial charge in [-0.25, -0.2) is 4.98 Å². The van der Waals surface area contributed by atoms with Gasteiger partial charge in [0.05, 0.1) is 11.9 Å². The second-order valence-electron chi connectivity index (χ2n) is 6.76. The van der Waals surface area contributed by atoms with Gasteiger partial charge in [-0.3, -0.25) is 14.6 Å². The molecular formula is C17H20N6O2S. The molecule has 2 aromatic heterocycles. The zero-order valence-corrected chi connectivity index (χ0v) is 15.4. The van der Waals surface area contributed by atoms with E-state index in [0.29, 0.717) is 36.6 Å². The molecule has 8 nitrogen and oxygen atoms in total. The number of aryl methyl sites for hydroxylation is 1. The van der Waals surface area contributed by atoms with Crippen molar-refractivity contribution < 1.29 is 9.59 Å². The van der Waals surface area contributed by atoms with Crippen molar-refractivity contribution >= 4 is 23.3 Å². The van der Waals surface area contributed by atoms with Gasteiger partial charge in [0.25, 0.3) is 11.8 Å². The number of nitrogens with zero attached hydrogens (tertiary/aromatic N) is 6. The minimum atomic E-state index is -0.113. The summed E-state index contributed by atoms with van der Waals surface area (Å²) in [6.07, 6.45) is 7.20. The van der Waals surface area contributed by atoms with Gasteiger partial charge < -0.3 is 9.80 Å². The number of aromatic nitrogens is 4. The first-order valence-corrected chi connectivity index (χ1v) is 9.62. The van der Waals surface area contributed by atoms with Crippen LogP contribution in [0.3, 0.4) is 0 Å². The maximum Gasteiger partial charge on any atom is 0.274 e. The van der Waals surface area contributed by atoms with Crippen molar-refractivity contribution in [3.05, 3.63) is 34.9 Å². The van der Waals surface area contributed by atoms with Crippen LogP contribution in [0.5, 0.6) is 0 Å². The van der Waals surface area contributed by atoms with Crippen molar-refractivity contribution in [2.45, 2.75) is 32.2 Å². The van der Waals surface area contributed by atoms with E-state index in [-0.39, 0.29) is 23.8 Å². The Labute approximate surface area is 155 Å². The van der Waals surface area contributed by atoms with Gasteiger partial charge in [0.1, 0.15) is 10.6 Å². The van der Waals surface area contributed by atoms with Gasteiger partial charge >= 0.3 is 0 Å². The van der Waals surface area contributed by atoms with Gasteiger partial charge in [0, 0.05) is 38.1 Å². The maximum atomic E-state index is 13.1. The molecule has 0 aromatic carbocycles. The Morgan fingerprint density at radius 1 is 1.19 bits per heavy atom. The van der Waals surface area contributed by atoms with Crippen molar-refractivity contribution in [2.75, 3.05) is 19.6 Å². The summed E-state index contributed by atoms with van der Waals surface area (Å²) in [5.74, 6) is 0.169. The number of hydrogen-bond donors (Lipinski definition) is 0. The molecule has 3 fully saturated rings. The number of hydrogen-bond acceptors (Lipinski definition) is 7. The lowest BCUT2D eigenvalue weighted by Crippen LogP contribution is -2.47. The summed E-state index contributed by atoms with van der Waals surface area (Å²) in [7, 11) is 0. The fourth-order valence-corrected chi connectivity index (χ4v) is 4.51. The fourth-order valence-electron chi connectivity index (χ4n) is 3.80. The molecular weight excluding hydrogens is 352 g/mol. The third-order valence-corrected chi connectivity index (χ3v) is 5.88. The molecule has 2 aromatic rings. The molecule has 0 spiro atoms. The average molecular weight is 372 g/mol. The van der Waals surface area contributed by atoms with Crippen LogP contribution in [0.4, 0.5) is 0 Å². The standard InChI is InChI=1S/C17H20N6O2S/c1-2-13-15(26-21-20-13)17(25)23-9-11-3-4-12(23)10-22(8-11)16(24)14-7-18-5-6-19-14/h5-7,11-12H,2-4,8-10H2,1H3/t11-,12+/m1/s1. The molecule has 2 atom stereocenters. The lowest BCUT2D eigenvalue weighted by molar-refractivity contribution is 0.0577. The van der Waals surface area contributed by atoms with E-state index < -0.39 is 0 Å². The minimum absolute atomic E-state index is 0.000326. The van der Waals surface area contributed by atoms with Gasteiger partial charge in [-0.2, -0.15) is 0 Å². The average Bonchev–Trinajstić information content (AvgIpc) is 2.98. The molecule has 136 valence electrons. The van der Waals surface area contributed by atoms with Crippen LogP contribution in [0.15, 0.2) is 18.6 Å². The zero-order valence-electron chi connectivity index (χ0n) is 14.5. The van der Waals surface area contributed by atoms with E-state index in [1.54, 1.807) is 6.20 Å². The van der Waals surface area contributed by atoms with E-state index in [1.165, 1.54) is 12.4 Å². The van der Waals surface area contributed by atoms with E-state index >= 15 is 0 Å². The Morgan fingerprint density at radius 2 is 2.08 bits per heavy atom. The first-order valence-electron chi connectivity index (χ1n) is 8.84. The maximum absolute atomic E-state index is 13.1. The molecule has 26 heavy (non-hydrogen) atoms. The molecule has 3 aliphatic rings. The Kier molecular flexibility index (Phi) is 4.62. The highest BCUT2D eigenvalue weighted by atomic mass is 32.1. The molecule has 0 radical (unpaired) electrons. The largest absolute Gasteiger partial charge is 0.335 e. The van der Waals surface area contributed by atoms with Crippen molar-refractivity contribution in [1.82, 2.24) is 29.4 Å². The van der Waals surface area contributed by atoms with Crippen LogP contribution >= 0.6 is 11.5 Å². The van der Waals surface area contributed by atoms with Gasteiger partial charge in [0.15, 0.2) is 0 Å². The van der Waals surface area contributed by atoms with Gasteiger partial charge in [0.2, 0.25) is 0 Å². The molecule has 0 saturated carbocycles. The first-order chi connectivity index (χ1) is 12.7. The highest BCUT2D eigenvalue weighted by Gasteiger charge is 2.40. The number of piperidine rings is 1. The van der Waals surface area contributed by atoms with E-state index in [0.717, 1.165) is 30.1 Å². The Morgan fingerprint density at radius 3 is 2.85 bits per heavy atom. The number of rotatable bonds is 3. The molecule has 5 heterocycles. The molecule has 3 saturated heterocycles. The molecule has 2 bridgehead atoms. The molecule has 0 unspecified atom stereocenters. The van der Waals surface area contributed by atoms with Gasteiger partial charge in [-0.05, 0) is 36.7 Å². The Hall–Kier alpha value is -2.42. The monoisotopic (exact) mass is 372 g/mol. The summed E-state index contributed by atoms with van der Waals surface area (Å²) in [5.41, 5.74) is 1.11. The van der Waals surface area contributed by atoms with Crippen LogP contribution in [0.2, 0.25) is 0 Å². The molecule has 3 aliphatic heterocycles. The number of amides is 2. The summed E-state index contributed by atoms with van der Waals surface area (Å²) in [5, 5.41) is 4.06. The first kappa shape index (κ1) is 17.0. The minimum Gasteiger partial charge on any atom is -0.335 e. The summed E-state index contributed by atoms with van der Waals surface area (Å²) < 4.78 is 3.94. The van der Waals surface area contributed by atoms with Crippen molar-refractivity contribution in [2.24, 2.45) is 5.92 Å².